The van der Waals surface area contributed by atoms with Crippen LogP contribution in [0.2, 0.25) is 20.1 Å². The maximum absolute atomic E-state index is 15.0. The van der Waals surface area contributed by atoms with Crippen LogP contribution in [0.4, 0.5) is 20.2 Å². The lowest BCUT2D eigenvalue weighted by atomic mass is 9.73. The molecular formula is C25H21Cl4F2N3O4. The van der Waals surface area contributed by atoms with Crippen LogP contribution < -0.4 is 10.2 Å². The molecule has 13 heteroatoms. The Labute approximate surface area is 236 Å². The average molecular weight is 607 g/mol. The molecule has 2 amide bonds. The van der Waals surface area contributed by atoms with Gasteiger partial charge in [-0.05, 0) is 44.2 Å². The van der Waals surface area contributed by atoms with E-state index in [1.807, 2.05) is 0 Å². The summed E-state index contributed by atoms with van der Waals surface area (Å²) in [6, 6.07) is 5.30. The summed E-state index contributed by atoms with van der Waals surface area (Å²) in [6.07, 6.45) is -0.811. The lowest BCUT2D eigenvalue weighted by Crippen LogP contribution is -2.54. The molecule has 2 fully saturated rings. The Balaban J connectivity index is 1.74. The van der Waals surface area contributed by atoms with E-state index in [4.69, 9.17) is 46.4 Å². The van der Waals surface area contributed by atoms with E-state index >= 15 is 0 Å². The first-order valence-corrected chi connectivity index (χ1v) is 13.2. The molecular weight excluding hydrogens is 586 g/mol. The lowest BCUT2D eigenvalue weighted by molar-refractivity contribution is -0.153. The Hall–Kier alpha value is -2.17. The quantitative estimate of drug-likeness (QED) is 0.450. The Morgan fingerprint density at radius 2 is 1.68 bits per heavy atom. The number of aliphatic carboxylic acids is 1. The van der Waals surface area contributed by atoms with Crippen LogP contribution in [-0.4, -0.2) is 52.3 Å². The van der Waals surface area contributed by atoms with E-state index in [1.165, 1.54) is 35.2 Å². The zero-order valence-electron chi connectivity index (χ0n) is 19.9. The number of nitrogens with one attached hydrogen (secondary N) is 1. The van der Waals surface area contributed by atoms with E-state index in [0.29, 0.717) is 0 Å². The van der Waals surface area contributed by atoms with E-state index in [0.717, 1.165) is 4.90 Å². The van der Waals surface area contributed by atoms with Crippen molar-refractivity contribution in [3.8, 4) is 0 Å². The zero-order chi connectivity index (χ0) is 27.9. The molecule has 38 heavy (non-hydrogen) atoms. The fourth-order valence-corrected chi connectivity index (χ4v) is 7.35. The van der Waals surface area contributed by atoms with Crippen molar-refractivity contribution in [3.05, 3.63) is 56.0 Å². The molecule has 3 heterocycles. The van der Waals surface area contributed by atoms with Gasteiger partial charge < -0.3 is 15.3 Å². The lowest BCUT2D eigenvalue weighted by Gasteiger charge is -2.36. The van der Waals surface area contributed by atoms with Gasteiger partial charge in [-0.3, -0.25) is 19.3 Å². The van der Waals surface area contributed by atoms with Crippen molar-refractivity contribution < 1.29 is 28.3 Å². The number of carboxylic acids is 1. The number of anilines is 2. The molecule has 0 aromatic heterocycles. The molecule has 4 atom stereocenters. The second-order valence-electron chi connectivity index (χ2n) is 10.1. The first-order chi connectivity index (χ1) is 17.7. The molecule has 0 radical (unpaired) electrons. The minimum absolute atomic E-state index is 0.0246. The third-order valence-electron chi connectivity index (χ3n) is 7.47. The van der Waals surface area contributed by atoms with E-state index < -0.39 is 66.1 Å². The Bertz CT molecular complexity index is 1370. The van der Waals surface area contributed by atoms with Gasteiger partial charge in [0.05, 0.1) is 23.2 Å². The molecule has 0 bridgehead atoms. The van der Waals surface area contributed by atoms with Crippen molar-refractivity contribution in [2.75, 3.05) is 16.8 Å². The summed E-state index contributed by atoms with van der Waals surface area (Å²) in [5, 5.41) is 13.7. The van der Waals surface area contributed by atoms with Gasteiger partial charge in [-0.2, -0.15) is 0 Å². The number of halogens is 6. The van der Waals surface area contributed by atoms with Crippen molar-refractivity contribution >= 4 is 75.6 Å². The maximum Gasteiger partial charge on any atom is 0.310 e. The van der Waals surface area contributed by atoms with Crippen molar-refractivity contribution in [2.45, 2.75) is 43.8 Å². The number of hydrogen-bond donors (Lipinski definition) is 2. The molecule has 0 unspecified atom stereocenters. The van der Waals surface area contributed by atoms with Crippen LogP contribution in [0.25, 0.3) is 0 Å². The van der Waals surface area contributed by atoms with Gasteiger partial charge in [-0.25, -0.2) is 8.78 Å². The Kier molecular flexibility index (Phi) is 6.63. The zero-order valence-corrected chi connectivity index (χ0v) is 23.0. The molecule has 2 saturated heterocycles. The van der Waals surface area contributed by atoms with Crippen LogP contribution in [0.5, 0.6) is 0 Å². The number of benzene rings is 2. The van der Waals surface area contributed by atoms with Gasteiger partial charge in [0.2, 0.25) is 5.91 Å². The predicted octanol–water partition coefficient (Wildman–Crippen LogP) is 5.93. The molecule has 1 spiro atoms. The minimum atomic E-state index is -3.28. The van der Waals surface area contributed by atoms with Crippen LogP contribution in [0.15, 0.2) is 30.3 Å². The summed E-state index contributed by atoms with van der Waals surface area (Å²) in [6.45, 7) is 2.45. The molecule has 2 N–H and O–H groups in total. The fraction of sp³-hybridized carbons (Fsp3) is 0.400. The number of carbonyl (C=O) groups is 3. The van der Waals surface area contributed by atoms with E-state index in [2.05, 4.69) is 5.32 Å². The molecule has 202 valence electrons. The topological polar surface area (TPSA) is 90.0 Å². The summed E-state index contributed by atoms with van der Waals surface area (Å²) < 4.78 is 30.0. The second-order valence-corrected chi connectivity index (χ2v) is 11.8. The number of carboxylic acid groups (broad SMARTS) is 1. The van der Waals surface area contributed by atoms with Crippen LogP contribution >= 0.6 is 46.4 Å². The monoisotopic (exact) mass is 605 g/mol. The molecule has 0 aliphatic carbocycles. The molecule has 0 saturated carbocycles. The van der Waals surface area contributed by atoms with Gasteiger partial charge in [-0.15, -0.1) is 0 Å². The number of nitrogens with zero attached hydrogens (tertiary/aromatic N) is 2. The summed E-state index contributed by atoms with van der Waals surface area (Å²) in [5.41, 5.74) is -1.75. The van der Waals surface area contributed by atoms with Crippen molar-refractivity contribution in [1.29, 1.82) is 0 Å². The molecule has 2 aromatic carbocycles. The van der Waals surface area contributed by atoms with Gasteiger partial charge >= 0.3 is 5.97 Å². The fourth-order valence-electron chi connectivity index (χ4n) is 6.30. The normalized spacial score (nSPS) is 27.5. The van der Waals surface area contributed by atoms with E-state index in [9.17, 15) is 28.3 Å². The highest BCUT2D eigenvalue weighted by Crippen LogP contribution is 2.61. The molecule has 3 aliphatic heterocycles. The van der Waals surface area contributed by atoms with Crippen molar-refractivity contribution in [1.82, 2.24) is 4.90 Å². The van der Waals surface area contributed by atoms with Gasteiger partial charge in [-0.1, -0.05) is 46.4 Å². The maximum atomic E-state index is 15.0. The number of fused-ring (bicyclic) bond motifs is 4. The highest BCUT2D eigenvalue weighted by Gasteiger charge is 2.74. The second kappa shape index (κ2) is 9.20. The summed E-state index contributed by atoms with van der Waals surface area (Å²) in [5.74, 6) is -9.65. The third-order valence-corrected chi connectivity index (χ3v) is 8.42. The van der Waals surface area contributed by atoms with E-state index in [1.54, 1.807) is 13.8 Å². The highest BCUT2D eigenvalue weighted by atomic mass is 35.5. The number of alkyl halides is 2. The van der Waals surface area contributed by atoms with Crippen LogP contribution in [0, 0.1) is 11.8 Å². The first kappa shape index (κ1) is 27.4. The first-order valence-electron chi connectivity index (χ1n) is 11.7. The summed E-state index contributed by atoms with van der Waals surface area (Å²) >= 11 is 24.9. The number of rotatable bonds is 4. The highest BCUT2D eigenvalue weighted by molar-refractivity contribution is 6.38. The third kappa shape index (κ3) is 3.97. The van der Waals surface area contributed by atoms with Gasteiger partial charge in [0.15, 0.2) is 0 Å². The Morgan fingerprint density at radius 1 is 1.08 bits per heavy atom. The number of amides is 2. The molecule has 3 aliphatic rings. The van der Waals surface area contributed by atoms with Gasteiger partial charge in [0.25, 0.3) is 11.8 Å². The van der Waals surface area contributed by atoms with Crippen molar-refractivity contribution in [3.63, 3.8) is 0 Å². The van der Waals surface area contributed by atoms with Crippen molar-refractivity contribution in [2.24, 2.45) is 11.8 Å². The summed E-state index contributed by atoms with van der Waals surface area (Å²) in [4.78, 5) is 43.4. The number of hydrogen-bond acceptors (Lipinski definition) is 4. The van der Waals surface area contributed by atoms with Gasteiger partial charge in [0.1, 0.15) is 11.5 Å². The standard InChI is InChI=1S/C25H21Cl4F2N3O4/c1-10(2)34(14-4-11(26)3-12(27)5-14)21(35)18-17-8-24(30,31)9-33(17)25(19(18)22(36)37)15-6-13(28)7-16(29)20(15)32-23(25)38/h3-7,10,17-19H,8-9H2,1-2H3,(H,32,38)(H,36,37)/t17-,18+,19-,25+/m1/s1. The van der Waals surface area contributed by atoms with Crippen LogP contribution in [0.1, 0.15) is 25.8 Å². The summed E-state index contributed by atoms with van der Waals surface area (Å²) in [7, 11) is 0. The minimum Gasteiger partial charge on any atom is -0.481 e. The molecule has 5 rings (SSSR count). The smallest absolute Gasteiger partial charge is 0.310 e. The SMILES string of the molecule is CC(C)N(C(=O)[C@H]1[C@H]2CC(F)(F)CN2[C@]2(C(=O)Nc3c(Cl)cc(Cl)cc32)[C@H]1C(=O)O)c1cc(Cl)cc(Cl)c1. The van der Waals surface area contributed by atoms with Gasteiger partial charge in [0, 0.05) is 44.8 Å². The molecule has 7 nitrogen and oxygen atoms in total. The predicted molar refractivity (Wildman–Crippen MR) is 141 cm³/mol. The van der Waals surface area contributed by atoms with E-state index in [-0.39, 0.29) is 37.0 Å². The Morgan fingerprint density at radius 3 is 2.26 bits per heavy atom. The molecule has 2 aromatic rings. The largest absolute Gasteiger partial charge is 0.481 e. The number of carbonyl (C=O) groups excluding carboxylic acids is 2. The van der Waals surface area contributed by atoms with Crippen LogP contribution in [0.3, 0.4) is 0 Å². The average Bonchev–Trinajstić information content (AvgIpc) is 3.34. The van der Waals surface area contributed by atoms with Crippen LogP contribution in [-0.2, 0) is 19.9 Å².